The number of likely N-dealkylation sites (tertiary alicyclic amines) is 1. The van der Waals surface area contributed by atoms with Crippen LogP contribution in [0.2, 0.25) is 0 Å². The SMILES string of the molecule is CCC(CC)Oc1ccc([C@@H](c2ccc(C#N)cc2)N2CCC(NC(=O)c3ccc(C#N)cc3)C2)cn1. The summed E-state index contributed by atoms with van der Waals surface area (Å²) in [6, 6.07) is 22.5. The first-order chi connectivity index (χ1) is 18.0. The molecule has 0 radical (unpaired) electrons. The van der Waals surface area contributed by atoms with Crippen LogP contribution in [0.25, 0.3) is 0 Å². The van der Waals surface area contributed by atoms with Gasteiger partial charge in [0.1, 0.15) is 0 Å². The van der Waals surface area contributed by atoms with Gasteiger partial charge in [0.25, 0.3) is 5.91 Å². The van der Waals surface area contributed by atoms with Crippen LogP contribution >= 0.6 is 0 Å². The van der Waals surface area contributed by atoms with Crippen molar-refractivity contribution in [3.8, 4) is 18.0 Å². The van der Waals surface area contributed by atoms with Crippen molar-refractivity contribution in [2.24, 2.45) is 0 Å². The monoisotopic (exact) mass is 493 g/mol. The zero-order valence-corrected chi connectivity index (χ0v) is 21.2. The first kappa shape index (κ1) is 25.9. The van der Waals surface area contributed by atoms with Gasteiger partial charge in [-0.25, -0.2) is 4.98 Å². The molecule has 0 aliphatic carbocycles. The third-order valence-corrected chi connectivity index (χ3v) is 6.82. The van der Waals surface area contributed by atoms with Gasteiger partial charge in [0.2, 0.25) is 5.88 Å². The lowest BCUT2D eigenvalue weighted by atomic mass is 9.97. The molecule has 0 spiro atoms. The van der Waals surface area contributed by atoms with Crippen LogP contribution in [-0.2, 0) is 0 Å². The molecular formula is C30H31N5O2. The Morgan fingerprint density at radius 2 is 1.62 bits per heavy atom. The molecule has 2 aromatic carbocycles. The predicted molar refractivity (Wildman–Crippen MR) is 141 cm³/mol. The van der Waals surface area contributed by atoms with E-state index in [0.29, 0.717) is 29.1 Å². The Kier molecular flexibility index (Phi) is 8.51. The maximum atomic E-state index is 12.8. The molecule has 3 aromatic rings. The van der Waals surface area contributed by atoms with Crippen LogP contribution in [0.4, 0.5) is 0 Å². The number of hydrogen-bond donors (Lipinski definition) is 1. The molecule has 1 aliphatic heterocycles. The summed E-state index contributed by atoms with van der Waals surface area (Å²) in [5, 5.41) is 21.4. The van der Waals surface area contributed by atoms with Gasteiger partial charge < -0.3 is 10.1 Å². The molecule has 7 heteroatoms. The molecule has 4 rings (SSSR count). The van der Waals surface area contributed by atoms with E-state index in [9.17, 15) is 10.1 Å². The average molecular weight is 494 g/mol. The maximum Gasteiger partial charge on any atom is 0.251 e. The number of ether oxygens (including phenoxy) is 1. The van der Waals surface area contributed by atoms with Gasteiger partial charge in [0.05, 0.1) is 35.4 Å². The number of pyridine rings is 1. The molecule has 1 aromatic heterocycles. The van der Waals surface area contributed by atoms with Crippen LogP contribution < -0.4 is 10.1 Å². The van der Waals surface area contributed by atoms with Gasteiger partial charge in [0.15, 0.2) is 0 Å². The summed E-state index contributed by atoms with van der Waals surface area (Å²) >= 11 is 0. The second-order valence-corrected chi connectivity index (χ2v) is 9.27. The van der Waals surface area contributed by atoms with Gasteiger partial charge in [-0.05, 0) is 66.8 Å². The number of aromatic nitrogens is 1. The minimum atomic E-state index is -0.143. The van der Waals surface area contributed by atoms with Crippen molar-refractivity contribution < 1.29 is 9.53 Å². The van der Waals surface area contributed by atoms with Gasteiger partial charge in [-0.15, -0.1) is 0 Å². The Labute approximate surface area is 218 Å². The second-order valence-electron chi connectivity index (χ2n) is 9.27. The Morgan fingerprint density at radius 3 is 2.19 bits per heavy atom. The van der Waals surface area contributed by atoms with Crippen molar-refractivity contribution >= 4 is 5.91 Å². The van der Waals surface area contributed by atoms with E-state index in [0.717, 1.165) is 36.9 Å². The minimum absolute atomic E-state index is 0.00513. The fraction of sp³-hybridized carbons (Fsp3) is 0.333. The molecule has 1 amide bonds. The Morgan fingerprint density at radius 1 is 1.00 bits per heavy atom. The molecule has 188 valence electrons. The highest BCUT2D eigenvalue weighted by Gasteiger charge is 2.31. The lowest BCUT2D eigenvalue weighted by Crippen LogP contribution is -2.38. The normalized spacial score (nSPS) is 16.1. The Balaban J connectivity index is 1.52. The van der Waals surface area contributed by atoms with Gasteiger partial charge in [-0.3, -0.25) is 9.69 Å². The van der Waals surface area contributed by atoms with Crippen LogP contribution in [0.15, 0.2) is 66.9 Å². The van der Waals surface area contributed by atoms with E-state index in [1.165, 1.54) is 0 Å². The Hall–Kier alpha value is -4.20. The van der Waals surface area contributed by atoms with Crippen molar-refractivity contribution in [1.29, 1.82) is 10.5 Å². The largest absolute Gasteiger partial charge is 0.474 e. The molecule has 1 unspecified atom stereocenters. The highest BCUT2D eigenvalue weighted by molar-refractivity contribution is 5.94. The van der Waals surface area contributed by atoms with Gasteiger partial charge in [-0.2, -0.15) is 10.5 Å². The van der Waals surface area contributed by atoms with E-state index in [1.54, 1.807) is 24.3 Å². The van der Waals surface area contributed by atoms with E-state index in [2.05, 4.69) is 47.3 Å². The highest BCUT2D eigenvalue weighted by atomic mass is 16.5. The van der Waals surface area contributed by atoms with Crippen molar-refractivity contribution in [2.45, 2.75) is 51.3 Å². The van der Waals surface area contributed by atoms with Crippen LogP contribution in [0.3, 0.4) is 0 Å². The number of nitriles is 2. The lowest BCUT2D eigenvalue weighted by Gasteiger charge is -2.29. The third kappa shape index (κ3) is 6.33. The highest BCUT2D eigenvalue weighted by Crippen LogP contribution is 2.32. The maximum absolute atomic E-state index is 12.8. The minimum Gasteiger partial charge on any atom is -0.474 e. The summed E-state index contributed by atoms with van der Waals surface area (Å²) in [6.07, 6.45) is 4.68. The number of amides is 1. The summed E-state index contributed by atoms with van der Waals surface area (Å²) in [6.45, 7) is 5.69. The standard InChI is InChI=1S/C30H31N5O2/c1-3-27(4-2)37-28-14-13-25(19-33-28)29(23-9-5-21(17-31)6-10-23)35-16-15-26(20-35)34-30(36)24-11-7-22(18-32)8-12-24/h5-14,19,26-27,29H,3-4,15-16,20H2,1-2H3,(H,34,36)/t26?,29-/m1/s1. The average Bonchev–Trinajstić information content (AvgIpc) is 3.40. The van der Waals surface area contributed by atoms with E-state index in [-0.39, 0.29) is 24.1 Å². The van der Waals surface area contributed by atoms with Crippen LogP contribution in [0.1, 0.15) is 71.8 Å². The molecule has 1 saturated heterocycles. The number of nitrogens with one attached hydrogen (secondary N) is 1. The number of carbonyl (C=O) groups excluding carboxylic acids is 1. The van der Waals surface area contributed by atoms with Crippen molar-refractivity contribution in [3.63, 3.8) is 0 Å². The first-order valence-corrected chi connectivity index (χ1v) is 12.7. The lowest BCUT2D eigenvalue weighted by molar-refractivity contribution is 0.0937. The Bertz CT molecular complexity index is 1270. The molecule has 0 bridgehead atoms. The summed E-state index contributed by atoms with van der Waals surface area (Å²) in [5.74, 6) is 0.473. The summed E-state index contributed by atoms with van der Waals surface area (Å²) in [7, 11) is 0. The summed E-state index contributed by atoms with van der Waals surface area (Å²) in [4.78, 5) is 19.7. The van der Waals surface area contributed by atoms with E-state index in [1.807, 2.05) is 36.5 Å². The fourth-order valence-electron chi connectivity index (χ4n) is 4.71. The zero-order valence-electron chi connectivity index (χ0n) is 21.2. The predicted octanol–water partition coefficient (Wildman–Crippen LogP) is 4.99. The van der Waals surface area contributed by atoms with E-state index in [4.69, 9.17) is 10.00 Å². The number of hydrogen-bond acceptors (Lipinski definition) is 6. The van der Waals surface area contributed by atoms with Crippen LogP contribution in [0, 0.1) is 22.7 Å². The zero-order chi connectivity index (χ0) is 26.2. The smallest absolute Gasteiger partial charge is 0.251 e. The van der Waals surface area contributed by atoms with Crippen molar-refractivity contribution in [1.82, 2.24) is 15.2 Å². The summed E-state index contributed by atoms with van der Waals surface area (Å²) < 4.78 is 6.00. The summed E-state index contributed by atoms with van der Waals surface area (Å²) in [5.41, 5.74) is 3.77. The van der Waals surface area contributed by atoms with E-state index < -0.39 is 0 Å². The second kappa shape index (κ2) is 12.2. The van der Waals surface area contributed by atoms with Gasteiger partial charge in [-0.1, -0.05) is 32.0 Å². The molecule has 1 aliphatic rings. The quantitative estimate of drug-likeness (QED) is 0.451. The molecule has 1 N–H and O–H groups in total. The van der Waals surface area contributed by atoms with Crippen LogP contribution in [0.5, 0.6) is 5.88 Å². The molecular weight excluding hydrogens is 462 g/mol. The molecule has 37 heavy (non-hydrogen) atoms. The topological polar surface area (TPSA) is 102 Å². The molecule has 2 heterocycles. The van der Waals surface area contributed by atoms with Crippen LogP contribution in [-0.4, -0.2) is 41.0 Å². The van der Waals surface area contributed by atoms with Crippen molar-refractivity contribution in [3.05, 3.63) is 94.7 Å². The molecule has 0 saturated carbocycles. The number of rotatable bonds is 9. The number of benzene rings is 2. The molecule has 2 atom stereocenters. The van der Waals surface area contributed by atoms with Gasteiger partial charge >= 0.3 is 0 Å². The molecule has 7 nitrogen and oxygen atoms in total. The molecule has 1 fully saturated rings. The number of carbonyl (C=O) groups is 1. The van der Waals surface area contributed by atoms with Gasteiger partial charge in [0, 0.05) is 37.0 Å². The fourth-order valence-corrected chi connectivity index (χ4v) is 4.71. The van der Waals surface area contributed by atoms with E-state index >= 15 is 0 Å². The third-order valence-electron chi connectivity index (χ3n) is 6.82. The number of nitrogens with zero attached hydrogens (tertiary/aromatic N) is 4. The van der Waals surface area contributed by atoms with Crippen molar-refractivity contribution in [2.75, 3.05) is 13.1 Å². The first-order valence-electron chi connectivity index (χ1n) is 12.7.